The van der Waals surface area contributed by atoms with Gasteiger partial charge in [-0.3, -0.25) is 4.79 Å². The zero-order valence-corrected chi connectivity index (χ0v) is 14.8. The van der Waals surface area contributed by atoms with Crippen molar-refractivity contribution in [3.8, 4) is 5.75 Å². The van der Waals surface area contributed by atoms with Crippen LogP contribution in [-0.4, -0.2) is 43.2 Å². The number of ether oxygens (including phenoxy) is 2. The minimum atomic E-state index is -0.0730. The summed E-state index contributed by atoms with van der Waals surface area (Å²) in [5.74, 6) is 0.753. The molecule has 2 N–H and O–H groups in total. The summed E-state index contributed by atoms with van der Waals surface area (Å²) in [5.41, 5.74) is 7.39. The zero-order valence-electron chi connectivity index (χ0n) is 14.0. The van der Waals surface area contributed by atoms with Gasteiger partial charge in [0, 0.05) is 25.2 Å². The normalized spacial score (nSPS) is 16.8. The topological polar surface area (TPSA) is 64.8 Å². The molecule has 3 rings (SSSR count). The van der Waals surface area contributed by atoms with E-state index in [-0.39, 0.29) is 24.4 Å². The Kier molecular flexibility index (Phi) is 7.25. The van der Waals surface area contributed by atoms with E-state index in [2.05, 4.69) is 0 Å². The molecule has 1 unspecified atom stereocenters. The minimum absolute atomic E-state index is 0. The van der Waals surface area contributed by atoms with Gasteiger partial charge in [0.05, 0.1) is 12.7 Å². The summed E-state index contributed by atoms with van der Waals surface area (Å²) in [7, 11) is 0. The number of hydrogen-bond acceptors (Lipinski definition) is 4. The second kappa shape index (κ2) is 9.42. The van der Waals surface area contributed by atoms with Gasteiger partial charge in [0.15, 0.2) is 0 Å². The van der Waals surface area contributed by atoms with Crippen LogP contribution in [0.4, 0.5) is 0 Å². The molecule has 0 bridgehead atoms. The maximum absolute atomic E-state index is 12.5. The lowest BCUT2D eigenvalue weighted by Crippen LogP contribution is -2.48. The highest BCUT2D eigenvalue weighted by Crippen LogP contribution is 2.16. The Morgan fingerprint density at radius 2 is 1.88 bits per heavy atom. The molecule has 6 heteroatoms. The van der Waals surface area contributed by atoms with Gasteiger partial charge in [-0.25, -0.2) is 0 Å². The molecule has 1 amide bonds. The van der Waals surface area contributed by atoms with Crippen LogP contribution < -0.4 is 10.5 Å². The second-order valence-electron chi connectivity index (χ2n) is 5.78. The predicted octanol–water partition coefficient (Wildman–Crippen LogP) is 2.49. The van der Waals surface area contributed by atoms with Crippen molar-refractivity contribution < 1.29 is 14.3 Å². The van der Waals surface area contributed by atoms with Gasteiger partial charge in [-0.1, -0.05) is 30.3 Å². The van der Waals surface area contributed by atoms with Crippen LogP contribution >= 0.6 is 12.4 Å². The molecule has 0 aromatic heterocycles. The third kappa shape index (κ3) is 5.19. The molecule has 1 aliphatic heterocycles. The first-order valence-electron chi connectivity index (χ1n) is 8.14. The van der Waals surface area contributed by atoms with E-state index in [1.807, 2.05) is 42.5 Å². The van der Waals surface area contributed by atoms with E-state index in [0.717, 1.165) is 11.3 Å². The van der Waals surface area contributed by atoms with Crippen molar-refractivity contribution in [1.82, 2.24) is 4.90 Å². The summed E-state index contributed by atoms with van der Waals surface area (Å²) >= 11 is 0. The Labute approximate surface area is 154 Å². The maximum atomic E-state index is 12.5. The number of amides is 1. The fourth-order valence-electron chi connectivity index (χ4n) is 2.66. The Morgan fingerprint density at radius 3 is 2.56 bits per heavy atom. The molecular formula is C19H23ClN2O3. The van der Waals surface area contributed by atoms with Crippen LogP contribution in [0.5, 0.6) is 5.75 Å². The molecule has 5 nitrogen and oxygen atoms in total. The van der Waals surface area contributed by atoms with Crippen molar-refractivity contribution in [2.24, 2.45) is 5.73 Å². The van der Waals surface area contributed by atoms with E-state index >= 15 is 0 Å². The largest absolute Gasteiger partial charge is 0.489 e. The number of rotatable bonds is 5. The van der Waals surface area contributed by atoms with Crippen LogP contribution in [0.25, 0.3) is 0 Å². The van der Waals surface area contributed by atoms with Crippen LogP contribution in [0.15, 0.2) is 54.6 Å². The fourth-order valence-corrected chi connectivity index (χ4v) is 2.66. The average Bonchev–Trinajstić information content (AvgIpc) is 2.67. The number of nitrogens with zero attached hydrogens (tertiary/aromatic N) is 1. The number of carbonyl (C=O) groups excluding carboxylic acids is 1. The van der Waals surface area contributed by atoms with Gasteiger partial charge in [-0.05, 0) is 29.8 Å². The standard InChI is InChI=1S/C19H22N2O3.ClH/c20-12-18-13-21(10-11-23-18)19(22)16-6-8-17(9-7-16)24-14-15-4-2-1-3-5-15;/h1-9,18H,10-14,20H2;1H. The smallest absolute Gasteiger partial charge is 0.254 e. The van der Waals surface area contributed by atoms with Crippen molar-refractivity contribution in [3.05, 3.63) is 65.7 Å². The quantitative estimate of drug-likeness (QED) is 0.887. The summed E-state index contributed by atoms with van der Waals surface area (Å²) in [6.45, 7) is 2.61. The number of carbonyl (C=O) groups is 1. The number of nitrogens with two attached hydrogens (primary N) is 1. The highest BCUT2D eigenvalue weighted by atomic mass is 35.5. The summed E-state index contributed by atoms with van der Waals surface area (Å²) < 4.78 is 11.2. The van der Waals surface area contributed by atoms with Crippen molar-refractivity contribution in [3.63, 3.8) is 0 Å². The molecule has 25 heavy (non-hydrogen) atoms. The van der Waals surface area contributed by atoms with E-state index in [9.17, 15) is 4.79 Å². The van der Waals surface area contributed by atoms with Crippen LogP contribution in [0.2, 0.25) is 0 Å². The fraction of sp³-hybridized carbons (Fsp3) is 0.316. The van der Waals surface area contributed by atoms with E-state index in [0.29, 0.717) is 38.4 Å². The lowest BCUT2D eigenvalue weighted by Gasteiger charge is -2.32. The number of benzene rings is 2. The van der Waals surface area contributed by atoms with Crippen LogP contribution in [-0.2, 0) is 11.3 Å². The van der Waals surface area contributed by atoms with Gasteiger partial charge in [0.2, 0.25) is 0 Å². The van der Waals surface area contributed by atoms with Gasteiger partial charge in [0.1, 0.15) is 12.4 Å². The van der Waals surface area contributed by atoms with Crippen LogP contribution in [0.1, 0.15) is 15.9 Å². The first-order valence-corrected chi connectivity index (χ1v) is 8.14. The number of morpholine rings is 1. The number of hydrogen-bond donors (Lipinski definition) is 1. The SMILES string of the molecule is Cl.NCC1CN(C(=O)c2ccc(OCc3ccccc3)cc2)CCO1. The third-order valence-corrected chi connectivity index (χ3v) is 4.04. The Bertz CT molecular complexity index is 664. The monoisotopic (exact) mass is 362 g/mol. The van der Waals surface area contributed by atoms with Gasteiger partial charge >= 0.3 is 0 Å². The van der Waals surface area contributed by atoms with Crippen LogP contribution in [0.3, 0.4) is 0 Å². The van der Waals surface area contributed by atoms with Crippen molar-refractivity contribution in [2.75, 3.05) is 26.2 Å². The van der Waals surface area contributed by atoms with E-state index < -0.39 is 0 Å². The molecule has 1 atom stereocenters. The van der Waals surface area contributed by atoms with E-state index in [4.69, 9.17) is 15.2 Å². The van der Waals surface area contributed by atoms with E-state index in [1.165, 1.54) is 0 Å². The van der Waals surface area contributed by atoms with Crippen LogP contribution in [0, 0.1) is 0 Å². The third-order valence-electron chi connectivity index (χ3n) is 4.04. The Balaban J connectivity index is 0.00000225. The van der Waals surface area contributed by atoms with E-state index in [1.54, 1.807) is 17.0 Å². The predicted molar refractivity (Wildman–Crippen MR) is 99.2 cm³/mol. The first kappa shape index (κ1) is 19.2. The lowest BCUT2D eigenvalue weighted by molar-refractivity contribution is -0.0167. The Morgan fingerprint density at radius 1 is 1.16 bits per heavy atom. The summed E-state index contributed by atoms with van der Waals surface area (Å²) in [6, 6.07) is 17.2. The highest BCUT2D eigenvalue weighted by molar-refractivity contribution is 5.94. The molecule has 134 valence electrons. The molecule has 0 aliphatic carbocycles. The Hall–Kier alpha value is -2.08. The molecule has 0 spiro atoms. The summed E-state index contributed by atoms with van der Waals surface area (Å²) in [6.07, 6.45) is -0.0730. The minimum Gasteiger partial charge on any atom is -0.489 e. The molecular weight excluding hydrogens is 340 g/mol. The van der Waals surface area contributed by atoms with Crippen molar-refractivity contribution in [2.45, 2.75) is 12.7 Å². The molecule has 1 fully saturated rings. The molecule has 2 aromatic rings. The summed E-state index contributed by atoms with van der Waals surface area (Å²) in [4.78, 5) is 14.3. The molecule has 0 saturated carbocycles. The van der Waals surface area contributed by atoms with Crippen molar-refractivity contribution in [1.29, 1.82) is 0 Å². The number of halogens is 1. The molecule has 2 aromatic carbocycles. The van der Waals surface area contributed by atoms with Crippen molar-refractivity contribution >= 4 is 18.3 Å². The molecule has 1 aliphatic rings. The molecule has 1 heterocycles. The van der Waals surface area contributed by atoms with Gasteiger partial charge in [-0.15, -0.1) is 12.4 Å². The lowest BCUT2D eigenvalue weighted by atomic mass is 10.1. The first-order chi connectivity index (χ1) is 11.8. The van der Waals surface area contributed by atoms with Gasteiger partial charge in [0.25, 0.3) is 5.91 Å². The average molecular weight is 363 g/mol. The molecule has 1 saturated heterocycles. The van der Waals surface area contributed by atoms with Gasteiger partial charge < -0.3 is 20.1 Å². The zero-order chi connectivity index (χ0) is 16.8. The molecule has 0 radical (unpaired) electrons. The maximum Gasteiger partial charge on any atom is 0.254 e. The summed E-state index contributed by atoms with van der Waals surface area (Å²) in [5, 5.41) is 0. The highest BCUT2D eigenvalue weighted by Gasteiger charge is 2.24. The second-order valence-corrected chi connectivity index (χ2v) is 5.78. The van der Waals surface area contributed by atoms with Gasteiger partial charge in [-0.2, -0.15) is 0 Å².